The van der Waals surface area contributed by atoms with Crippen molar-refractivity contribution in [3.05, 3.63) is 11.8 Å². The molecular formula is C12H17F3N4O2S. The fourth-order valence-corrected chi connectivity index (χ4v) is 5.14. The van der Waals surface area contributed by atoms with Crippen molar-refractivity contribution in [2.45, 2.75) is 49.0 Å². The van der Waals surface area contributed by atoms with Gasteiger partial charge in [-0.1, -0.05) is 6.42 Å². The summed E-state index contributed by atoms with van der Waals surface area (Å²) in [7, 11) is -3.14. The van der Waals surface area contributed by atoms with E-state index < -0.39 is 32.8 Å². The number of halogens is 3. The van der Waals surface area contributed by atoms with Crippen molar-refractivity contribution >= 4 is 10.0 Å². The number of aryl methyl sites for hydroxylation is 1. The lowest BCUT2D eigenvalue weighted by Gasteiger charge is -2.60. The Bertz CT molecular complexity index is 694. The molecular weight excluding hydrogens is 321 g/mol. The molecule has 0 saturated heterocycles. The van der Waals surface area contributed by atoms with Crippen LogP contribution in [-0.4, -0.2) is 30.3 Å². The molecule has 1 spiro atoms. The van der Waals surface area contributed by atoms with Crippen molar-refractivity contribution in [1.82, 2.24) is 14.5 Å². The third-order valence-corrected chi connectivity index (χ3v) is 6.54. The molecule has 2 fully saturated rings. The zero-order chi connectivity index (χ0) is 16.3. The van der Waals surface area contributed by atoms with Crippen molar-refractivity contribution in [3.63, 3.8) is 0 Å². The second-order valence-corrected chi connectivity index (χ2v) is 7.72. The molecule has 1 aromatic rings. The molecule has 124 valence electrons. The van der Waals surface area contributed by atoms with E-state index in [0.29, 0.717) is 12.6 Å². The highest BCUT2D eigenvalue weighted by atomic mass is 32.2. The van der Waals surface area contributed by atoms with Crippen LogP contribution in [0.5, 0.6) is 0 Å². The van der Waals surface area contributed by atoms with Crippen molar-refractivity contribution in [2.75, 3.05) is 0 Å². The van der Waals surface area contributed by atoms with Gasteiger partial charge in [0.2, 0.25) is 0 Å². The molecule has 1 aromatic heterocycles. The van der Waals surface area contributed by atoms with Crippen LogP contribution in [0.3, 0.4) is 0 Å². The molecule has 2 unspecified atom stereocenters. The molecule has 1 heterocycles. The van der Waals surface area contributed by atoms with Gasteiger partial charge in [0.25, 0.3) is 10.0 Å². The maximum atomic E-state index is 13.0. The van der Waals surface area contributed by atoms with Gasteiger partial charge in [0.15, 0.2) is 5.03 Å². The second kappa shape index (κ2) is 4.68. The summed E-state index contributed by atoms with van der Waals surface area (Å²) in [4.78, 5) is 0. The number of sulfonamides is 1. The van der Waals surface area contributed by atoms with E-state index in [0.717, 1.165) is 23.9 Å². The molecule has 0 bridgehead atoms. The minimum absolute atomic E-state index is 0.0948. The molecule has 2 atom stereocenters. The smallest absolute Gasteiger partial charge is 0.327 e. The first-order chi connectivity index (χ1) is 10.1. The Labute approximate surface area is 125 Å². The average Bonchev–Trinajstić information content (AvgIpc) is 2.68. The highest BCUT2D eigenvalue weighted by Gasteiger charge is 2.58. The summed E-state index contributed by atoms with van der Waals surface area (Å²) in [6.45, 7) is 0. The molecule has 0 radical (unpaired) electrons. The summed E-state index contributed by atoms with van der Waals surface area (Å²) in [6, 6.07) is -0.500. The van der Waals surface area contributed by atoms with E-state index in [9.17, 15) is 21.6 Å². The average molecular weight is 338 g/mol. The van der Waals surface area contributed by atoms with E-state index in [-0.39, 0.29) is 11.5 Å². The lowest BCUT2D eigenvalue weighted by Crippen LogP contribution is -2.69. The highest BCUT2D eigenvalue weighted by molar-refractivity contribution is 7.89. The van der Waals surface area contributed by atoms with E-state index in [4.69, 9.17) is 5.73 Å². The molecule has 6 nitrogen and oxygen atoms in total. The molecule has 2 saturated carbocycles. The Morgan fingerprint density at radius 3 is 2.55 bits per heavy atom. The van der Waals surface area contributed by atoms with Crippen LogP contribution in [0.15, 0.2) is 11.2 Å². The number of nitrogens with two attached hydrogens (primary N) is 1. The predicted molar refractivity (Wildman–Crippen MR) is 71.2 cm³/mol. The van der Waals surface area contributed by atoms with Gasteiger partial charge in [0.05, 0.1) is 6.20 Å². The number of nitrogens with one attached hydrogen (secondary N) is 1. The molecule has 0 aromatic carbocycles. The van der Waals surface area contributed by atoms with Gasteiger partial charge in [-0.15, -0.1) is 0 Å². The number of hydrogen-bond donors (Lipinski definition) is 2. The maximum absolute atomic E-state index is 13.0. The van der Waals surface area contributed by atoms with Crippen LogP contribution in [0.4, 0.5) is 13.2 Å². The number of hydrogen-bond acceptors (Lipinski definition) is 4. The summed E-state index contributed by atoms with van der Waals surface area (Å²) in [5.74, 6) is 0. The minimum atomic E-state index is -4.78. The van der Waals surface area contributed by atoms with E-state index in [1.807, 2.05) is 0 Å². The Morgan fingerprint density at radius 1 is 1.45 bits per heavy atom. The molecule has 0 aliphatic heterocycles. The SMILES string of the molecule is Cn1ncc(C(F)(F)F)c1S(=O)(=O)NC1CC(N)C12CCC2. The van der Waals surface area contributed by atoms with Crippen LogP contribution in [0, 0.1) is 5.41 Å². The van der Waals surface area contributed by atoms with Crippen LogP contribution < -0.4 is 10.5 Å². The number of rotatable bonds is 3. The monoisotopic (exact) mass is 338 g/mol. The van der Waals surface area contributed by atoms with Crippen molar-refractivity contribution < 1.29 is 21.6 Å². The Balaban J connectivity index is 1.90. The van der Waals surface area contributed by atoms with Gasteiger partial charge in [0, 0.05) is 24.5 Å². The summed E-state index contributed by atoms with van der Waals surface area (Å²) in [6.07, 6.45) is -1.23. The van der Waals surface area contributed by atoms with Crippen molar-refractivity contribution in [3.8, 4) is 0 Å². The van der Waals surface area contributed by atoms with Gasteiger partial charge in [-0.25, -0.2) is 13.1 Å². The summed E-state index contributed by atoms with van der Waals surface area (Å²) in [5.41, 5.74) is 4.40. The van der Waals surface area contributed by atoms with E-state index in [1.54, 1.807) is 0 Å². The Morgan fingerprint density at radius 2 is 2.09 bits per heavy atom. The van der Waals surface area contributed by atoms with E-state index in [1.165, 1.54) is 7.05 Å². The fraction of sp³-hybridized carbons (Fsp3) is 0.750. The summed E-state index contributed by atoms with van der Waals surface area (Å²) < 4.78 is 66.8. The maximum Gasteiger partial charge on any atom is 0.420 e. The second-order valence-electron chi connectivity index (χ2n) is 6.09. The van der Waals surface area contributed by atoms with Gasteiger partial charge < -0.3 is 5.73 Å². The number of aromatic nitrogens is 2. The first-order valence-corrected chi connectivity index (χ1v) is 8.43. The normalized spacial score (nSPS) is 27.5. The zero-order valence-corrected chi connectivity index (χ0v) is 12.7. The highest BCUT2D eigenvalue weighted by Crippen LogP contribution is 2.55. The van der Waals surface area contributed by atoms with Crippen LogP contribution in [-0.2, 0) is 23.2 Å². The van der Waals surface area contributed by atoms with Gasteiger partial charge >= 0.3 is 6.18 Å². The molecule has 22 heavy (non-hydrogen) atoms. The zero-order valence-electron chi connectivity index (χ0n) is 11.9. The first-order valence-electron chi connectivity index (χ1n) is 6.95. The van der Waals surface area contributed by atoms with Gasteiger partial charge in [-0.2, -0.15) is 18.3 Å². The van der Waals surface area contributed by atoms with Gasteiger partial charge in [0.1, 0.15) is 5.56 Å². The molecule has 10 heteroatoms. The number of alkyl halides is 3. The van der Waals surface area contributed by atoms with Crippen LogP contribution in [0.25, 0.3) is 0 Å². The molecule has 2 aliphatic carbocycles. The van der Waals surface area contributed by atoms with Crippen molar-refractivity contribution in [2.24, 2.45) is 18.2 Å². The topological polar surface area (TPSA) is 90.0 Å². The van der Waals surface area contributed by atoms with Gasteiger partial charge in [-0.05, 0) is 19.3 Å². The lowest BCUT2D eigenvalue weighted by molar-refractivity contribution is -0.140. The quantitative estimate of drug-likeness (QED) is 0.860. The Kier molecular flexibility index (Phi) is 3.35. The van der Waals surface area contributed by atoms with Crippen LogP contribution >= 0.6 is 0 Å². The first kappa shape index (κ1) is 15.8. The molecule has 0 amide bonds. The van der Waals surface area contributed by atoms with E-state index >= 15 is 0 Å². The molecule has 3 rings (SSSR count). The summed E-state index contributed by atoms with van der Waals surface area (Å²) in [5, 5.41) is 2.59. The molecule has 2 aliphatic rings. The lowest BCUT2D eigenvalue weighted by atomic mass is 9.50. The standard InChI is InChI=1S/C12H17F3N4O2S/c1-19-10(7(6-17-19)12(13,14)15)22(20,21)18-9-5-8(16)11(9)3-2-4-11/h6,8-9,18H,2-5,16H2,1H3. The largest absolute Gasteiger partial charge is 0.420 e. The Hall–Kier alpha value is -1.13. The summed E-state index contributed by atoms with van der Waals surface area (Å²) >= 11 is 0. The van der Waals surface area contributed by atoms with E-state index in [2.05, 4.69) is 9.82 Å². The van der Waals surface area contributed by atoms with Crippen molar-refractivity contribution in [1.29, 1.82) is 0 Å². The van der Waals surface area contributed by atoms with Crippen LogP contribution in [0.2, 0.25) is 0 Å². The minimum Gasteiger partial charge on any atom is -0.327 e. The predicted octanol–water partition coefficient (Wildman–Crippen LogP) is 0.987. The third kappa shape index (κ3) is 2.16. The van der Waals surface area contributed by atoms with Gasteiger partial charge in [-0.3, -0.25) is 4.68 Å². The molecule has 3 N–H and O–H groups in total. The third-order valence-electron chi connectivity index (χ3n) is 4.95. The fourth-order valence-electron chi connectivity index (χ4n) is 3.47. The number of nitrogens with zero attached hydrogens (tertiary/aromatic N) is 2. The van der Waals surface area contributed by atoms with Crippen LogP contribution in [0.1, 0.15) is 31.2 Å².